The molecular weight excluding hydrogens is 426 g/mol. The molecule has 9 heteroatoms. The predicted molar refractivity (Wildman–Crippen MR) is 116 cm³/mol. The standard InChI is InChI=1S/C21H26ClN3O4S/c1-16(17-5-3-2-4-6-17)23-21(27)18-7-8-19(22)20(15-18)30(28,29)25-11-9-24(10-12-25)13-14-26/h2-8,15-16,26H,9-14H2,1H3,(H,23,27)/t16-/m1/s1. The van der Waals surface area contributed by atoms with Gasteiger partial charge < -0.3 is 10.4 Å². The van der Waals surface area contributed by atoms with E-state index in [0.717, 1.165) is 5.56 Å². The van der Waals surface area contributed by atoms with Crippen molar-refractivity contribution in [2.75, 3.05) is 39.3 Å². The summed E-state index contributed by atoms with van der Waals surface area (Å²) in [6, 6.07) is 13.6. The van der Waals surface area contributed by atoms with E-state index in [1.807, 2.05) is 42.2 Å². The fourth-order valence-corrected chi connectivity index (χ4v) is 5.34. The molecule has 1 aliphatic heterocycles. The number of sulfonamides is 1. The summed E-state index contributed by atoms with van der Waals surface area (Å²) < 4.78 is 27.6. The van der Waals surface area contributed by atoms with Gasteiger partial charge in [-0.3, -0.25) is 9.69 Å². The van der Waals surface area contributed by atoms with Crippen molar-refractivity contribution in [2.45, 2.75) is 17.9 Å². The van der Waals surface area contributed by atoms with E-state index < -0.39 is 10.0 Å². The third-order valence-electron chi connectivity index (χ3n) is 5.21. The molecule has 0 unspecified atom stereocenters. The maximum Gasteiger partial charge on any atom is 0.251 e. The van der Waals surface area contributed by atoms with Gasteiger partial charge in [-0.1, -0.05) is 41.9 Å². The second kappa shape index (κ2) is 9.89. The van der Waals surface area contributed by atoms with Crippen LogP contribution in [0.3, 0.4) is 0 Å². The second-order valence-electron chi connectivity index (χ2n) is 7.22. The third kappa shape index (κ3) is 5.19. The number of piperazine rings is 1. The minimum atomic E-state index is -3.84. The number of rotatable bonds is 7. The van der Waals surface area contributed by atoms with Crippen LogP contribution in [0.25, 0.3) is 0 Å². The summed E-state index contributed by atoms with van der Waals surface area (Å²) in [5.74, 6) is -0.368. The zero-order valence-corrected chi connectivity index (χ0v) is 18.4. The van der Waals surface area contributed by atoms with Crippen molar-refractivity contribution in [1.82, 2.24) is 14.5 Å². The van der Waals surface area contributed by atoms with E-state index in [-0.39, 0.29) is 34.0 Å². The normalized spacial score (nSPS) is 16.9. The molecule has 1 atom stereocenters. The van der Waals surface area contributed by atoms with Gasteiger partial charge >= 0.3 is 0 Å². The number of β-amino-alcohol motifs (C(OH)–C–C–N with tert-alkyl or cyclic N) is 1. The van der Waals surface area contributed by atoms with Gasteiger partial charge in [-0.25, -0.2) is 8.42 Å². The average Bonchev–Trinajstić information content (AvgIpc) is 2.75. The van der Waals surface area contributed by atoms with Crippen LogP contribution < -0.4 is 5.32 Å². The number of benzene rings is 2. The first-order valence-corrected chi connectivity index (χ1v) is 11.6. The Morgan fingerprint density at radius 1 is 1.13 bits per heavy atom. The number of nitrogens with one attached hydrogen (secondary N) is 1. The van der Waals surface area contributed by atoms with Crippen LogP contribution in [0.1, 0.15) is 28.9 Å². The van der Waals surface area contributed by atoms with Gasteiger partial charge in [0.1, 0.15) is 4.90 Å². The Morgan fingerprint density at radius 3 is 2.43 bits per heavy atom. The highest BCUT2D eigenvalue weighted by molar-refractivity contribution is 7.89. The first kappa shape index (κ1) is 22.7. The second-order valence-corrected chi connectivity index (χ2v) is 9.53. The Hall–Kier alpha value is -1.97. The van der Waals surface area contributed by atoms with Crippen LogP contribution in [0.5, 0.6) is 0 Å². The highest BCUT2D eigenvalue weighted by Crippen LogP contribution is 2.27. The van der Waals surface area contributed by atoms with Gasteiger partial charge in [0.15, 0.2) is 0 Å². The predicted octanol–water partition coefficient (Wildman–Crippen LogP) is 2.13. The molecule has 3 rings (SSSR count). The van der Waals surface area contributed by atoms with Gasteiger partial charge in [-0.2, -0.15) is 4.31 Å². The summed E-state index contributed by atoms with van der Waals surface area (Å²) in [4.78, 5) is 14.6. The summed E-state index contributed by atoms with van der Waals surface area (Å²) in [6.07, 6.45) is 0. The lowest BCUT2D eigenvalue weighted by Crippen LogP contribution is -2.49. The van der Waals surface area contributed by atoms with Gasteiger partial charge in [-0.05, 0) is 30.7 Å². The van der Waals surface area contributed by atoms with Crippen LogP contribution >= 0.6 is 11.6 Å². The first-order valence-electron chi connectivity index (χ1n) is 9.81. The van der Waals surface area contributed by atoms with Gasteiger partial charge in [0.05, 0.1) is 17.7 Å². The molecule has 30 heavy (non-hydrogen) atoms. The van der Waals surface area contributed by atoms with Crippen LogP contribution in [-0.4, -0.2) is 68.0 Å². The first-order chi connectivity index (χ1) is 14.3. The molecule has 2 aromatic carbocycles. The number of carbonyl (C=O) groups excluding carboxylic acids is 1. The van der Waals surface area contributed by atoms with Gasteiger partial charge in [0.25, 0.3) is 5.91 Å². The number of amides is 1. The van der Waals surface area contributed by atoms with E-state index >= 15 is 0 Å². The van der Waals surface area contributed by atoms with E-state index in [1.54, 1.807) is 0 Å². The van der Waals surface area contributed by atoms with E-state index in [9.17, 15) is 13.2 Å². The summed E-state index contributed by atoms with van der Waals surface area (Å²) in [6.45, 7) is 4.10. The van der Waals surface area contributed by atoms with E-state index in [4.69, 9.17) is 16.7 Å². The topological polar surface area (TPSA) is 90.0 Å². The molecule has 2 aromatic rings. The lowest BCUT2D eigenvalue weighted by molar-refractivity contribution is 0.0939. The molecule has 0 aliphatic carbocycles. The maximum absolute atomic E-state index is 13.1. The molecule has 162 valence electrons. The number of hydrogen-bond donors (Lipinski definition) is 2. The summed E-state index contributed by atoms with van der Waals surface area (Å²) in [7, 11) is -3.84. The number of aliphatic hydroxyl groups excluding tert-OH is 1. The number of hydrogen-bond acceptors (Lipinski definition) is 5. The highest BCUT2D eigenvalue weighted by atomic mass is 35.5. The van der Waals surface area contributed by atoms with Gasteiger partial charge in [-0.15, -0.1) is 0 Å². The minimum absolute atomic E-state index is 0.0388. The van der Waals surface area contributed by atoms with Crippen molar-refractivity contribution < 1.29 is 18.3 Å². The average molecular weight is 452 g/mol. The number of halogens is 1. The Morgan fingerprint density at radius 2 is 1.80 bits per heavy atom. The SMILES string of the molecule is C[C@@H](NC(=O)c1ccc(Cl)c(S(=O)(=O)N2CCN(CCO)CC2)c1)c1ccccc1. The van der Waals surface area contributed by atoms with E-state index in [0.29, 0.717) is 32.7 Å². The van der Waals surface area contributed by atoms with Crippen molar-refractivity contribution in [2.24, 2.45) is 0 Å². The molecule has 2 N–H and O–H groups in total. The Bertz CT molecular complexity index is 977. The van der Waals surface area contributed by atoms with Crippen LogP contribution in [0, 0.1) is 0 Å². The molecule has 1 heterocycles. The van der Waals surface area contributed by atoms with Crippen LogP contribution in [-0.2, 0) is 10.0 Å². The van der Waals surface area contributed by atoms with Crippen LogP contribution in [0.4, 0.5) is 0 Å². The zero-order chi connectivity index (χ0) is 21.7. The molecule has 0 spiro atoms. The fraction of sp³-hybridized carbons (Fsp3) is 0.381. The summed E-state index contributed by atoms with van der Waals surface area (Å²) in [5.41, 5.74) is 1.19. The Balaban J connectivity index is 1.77. The zero-order valence-electron chi connectivity index (χ0n) is 16.8. The maximum atomic E-state index is 13.1. The molecule has 0 saturated carbocycles. The van der Waals surface area contributed by atoms with Gasteiger partial charge in [0.2, 0.25) is 10.0 Å². The molecule has 1 saturated heterocycles. The summed E-state index contributed by atoms with van der Waals surface area (Å²) in [5, 5.41) is 12.0. The smallest absolute Gasteiger partial charge is 0.251 e. The number of aliphatic hydroxyl groups is 1. The van der Waals surface area contributed by atoms with Crippen molar-refractivity contribution >= 4 is 27.5 Å². The molecular formula is C21H26ClN3O4S. The quantitative estimate of drug-likeness (QED) is 0.673. The Labute approximate surface area is 182 Å². The molecule has 1 aliphatic rings. The van der Waals surface area contributed by atoms with E-state index in [2.05, 4.69) is 5.32 Å². The van der Waals surface area contributed by atoms with Crippen molar-refractivity contribution in [3.05, 3.63) is 64.7 Å². The molecule has 0 bridgehead atoms. The lowest BCUT2D eigenvalue weighted by atomic mass is 10.1. The fourth-order valence-electron chi connectivity index (χ4n) is 3.42. The summed E-state index contributed by atoms with van der Waals surface area (Å²) >= 11 is 6.20. The molecule has 1 fully saturated rings. The van der Waals surface area contributed by atoms with Gasteiger partial charge in [0, 0.05) is 38.3 Å². The molecule has 0 radical (unpaired) electrons. The van der Waals surface area contributed by atoms with Crippen molar-refractivity contribution in [1.29, 1.82) is 0 Å². The third-order valence-corrected chi connectivity index (χ3v) is 7.59. The van der Waals surface area contributed by atoms with Crippen LogP contribution in [0.15, 0.2) is 53.4 Å². The van der Waals surface area contributed by atoms with Crippen molar-refractivity contribution in [3.63, 3.8) is 0 Å². The van der Waals surface area contributed by atoms with E-state index in [1.165, 1.54) is 22.5 Å². The number of nitrogens with zero attached hydrogens (tertiary/aromatic N) is 2. The minimum Gasteiger partial charge on any atom is -0.395 e. The van der Waals surface area contributed by atoms with Crippen molar-refractivity contribution in [3.8, 4) is 0 Å². The Kier molecular flexibility index (Phi) is 7.49. The molecule has 7 nitrogen and oxygen atoms in total. The largest absolute Gasteiger partial charge is 0.395 e. The number of carbonyl (C=O) groups is 1. The monoisotopic (exact) mass is 451 g/mol. The molecule has 0 aromatic heterocycles. The lowest BCUT2D eigenvalue weighted by Gasteiger charge is -2.33. The molecule has 1 amide bonds. The van der Waals surface area contributed by atoms with Crippen LogP contribution in [0.2, 0.25) is 5.02 Å². The highest BCUT2D eigenvalue weighted by Gasteiger charge is 2.30.